The predicted molar refractivity (Wildman–Crippen MR) is 114 cm³/mol. The van der Waals surface area contributed by atoms with Gasteiger partial charge in [-0.1, -0.05) is 0 Å². The van der Waals surface area contributed by atoms with E-state index >= 15 is 0 Å². The molecule has 0 radical (unpaired) electrons. The summed E-state index contributed by atoms with van der Waals surface area (Å²) < 4.78 is 7.41. The van der Waals surface area contributed by atoms with Gasteiger partial charge in [-0.25, -0.2) is 9.78 Å². The molecular formula is C23H30N4O3. The SMILES string of the molecule is CC(C)(C)OC(=O)N1CCC(N(C(=O)c2ccc(-n3ccnc3)cc2)C2CC2)CC1. The summed E-state index contributed by atoms with van der Waals surface area (Å²) in [5.74, 6) is 0.0883. The highest BCUT2D eigenvalue weighted by atomic mass is 16.6. The van der Waals surface area contributed by atoms with Crippen LogP contribution in [0.5, 0.6) is 0 Å². The van der Waals surface area contributed by atoms with E-state index in [-0.39, 0.29) is 18.0 Å². The number of benzene rings is 1. The summed E-state index contributed by atoms with van der Waals surface area (Å²) in [4.78, 5) is 33.6. The third-order valence-corrected chi connectivity index (χ3v) is 5.60. The zero-order chi connectivity index (χ0) is 21.3. The monoisotopic (exact) mass is 410 g/mol. The molecule has 4 rings (SSSR count). The molecule has 160 valence electrons. The molecule has 2 amide bonds. The molecule has 1 aromatic heterocycles. The maximum Gasteiger partial charge on any atom is 0.410 e. The van der Waals surface area contributed by atoms with Gasteiger partial charge in [0, 0.05) is 48.8 Å². The van der Waals surface area contributed by atoms with Crippen LogP contribution in [0.2, 0.25) is 0 Å². The third kappa shape index (κ3) is 4.66. The zero-order valence-corrected chi connectivity index (χ0v) is 18.0. The molecule has 30 heavy (non-hydrogen) atoms. The quantitative estimate of drug-likeness (QED) is 0.767. The van der Waals surface area contributed by atoms with Crippen molar-refractivity contribution in [2.45, 2.75) is 64.1 Å². The van der Waals surface area contributed by atoms with E-state index in [2.05, 4.69) is 9.88 Å². The Hall–Kier alpha value is -2.83. The molecule has 7 nitrogen and oxygen atoms in total. The average Bonchev–Trinajstić information content (AvgIpc) is 3.39. The van der Waals surface area contributed by atoms with Crippen LogP contribution in [0.15, 0.2) is 43.0 Å². The van der Waals surface area contributed by atoms with Gasteiger partial charge >= 0.3 is 6.09 Å². The van der Waals surface area contributed by atoms with Gasteiger partial charge < -0.3 is 19.1 Å². The Morgan fingerprint density at radius 2 is 1.67 bits per heavy atom. The van der Waals surface area contributed by atoms with Gasteiger partial charge in [0.2, 0.25) is 0 Å². The van der Waals surface area contributed by atoms with Crippen molar-refractivity contribution >= 4 is 12.0 Å². The number of piperidine rings is 1. The molecule has 0 bridgehead atoms. The molecule has 0 atom stereocenters. The number of nitrogens with zero attached hydrogens (tertiary/aromatic N) is 4. The molecule has 1 saturated carbocycles. The standard InChI is InChI=1S/C23H30N4O3/c1-23(2,3)30-22(29)25-13-10-20(11-14-25)27(19-8-9-19)21(28)17-4-6-18(7-5-17)26-15-12-24-16-26/h4-7,12,15-16,19-20H,8-11,13-14H2,1-3H3. The van der Waals surface area contributed by atoms with Crippen LogP contribution in [0.4, 0.5) is 4.79 Å². The van der Waals surface area contributed by atoms with Gasteiger partial charge in [0.05, 0.1) is 6.33 Å². The Labute approximate surface area is 177 Å². The van der Waals surface area contributed by atoms with Gasteiger partial charge in [0.25, 0.3) is 5.91 Å². The lowest BCUT2D eigenvalue weighted by Crippen LogP contribution is -2.50. The van der Waals surface area contributed by atoms with Crippen LogP contribution < -0.4 is 0 Å². The topological polar surface area (TPSA) is 67.7 Å². The summed E-state index contributed by atoms with van der Waals surface area (Å²) in [6.45, 7) is 6.88. The lowest BCUT2D eigenvalue weighted by Gasteiger charge is -2.39. The van der Waals surface area contributed by atoms with Gasteiger partial charge in [0.15, 0.2) is 0 Å². The van der Waals surface area contributed by atoms with Gasteiger partial charge in [-0.05, 0) is 70.7 Å². The van der Waals surface area contributed by atoms with Crippen molar-refractivity contribution in [3.05, 3.63) is 48.5 Å². The smallest absolute Gasteiger partial charge is 0.410 e. The van der Waals surface area contributed by atoms with E-state index in [1.807, 2.05) is 55.8 Å². The number of carbonyl (C=O) groups is 2. The second kappa shape index (κ2) is 8.13. The van der Waals surface area contributed by atoms with Gasteiger partial charge in [-0.3, -0.25) is 4.79 Å². The van der Waals surface area contributed by atoms with Crippen molar-refractivity contribution in [2.24, 2.45) is 0 Å². The van der Waals surface area contributed by atoms with E-state index < -0.39 is 5.60 Å². The van der Waals surface area contributed by atoms with Crippen molar-refractivity contribution in [1.82, 2.24) is 19.4 Å². The number of ether oxygens (including phenoxy) is 1. The normalized spacial score (nSPS) is 17.6. The molecule has 0 spiro atoms. The molecular weight excluding hydrogens is 380 g/mol. The number of aromatic nitrogens is 2. The fourth-order valence-electron chi connectivity index (χ4n) is 3.97. The van der Waals surface area contributed by atoms with Crippen LogP contribution in [-0.4, -0.2) is 62.1 Å². The van der Waals surface area contributed by atoms with Crippen molar-refractivity contribution in [2.75, 3.05) is 13.1 Å². The largest absolute Gasteiger partial charge is 0.444 e. The molecule has 1 aliphatic carbocycles. The number of rotatable bonds is 4. The molecule has 2 fully saturated rings. The number of hydrogen-bond acceptors (Lipinski definition) is 4. The van der Waals surface area contributed by atoms with Crippen molar-refractivity contribution in [1.29, 1.82) is 0 Å². The molecule has 7 heteroatoms. The molecule has 1 aromatic carbocycles. The second-order valence-electron chi connectivity index (χ2n) is 9.16. The number of likely N-dealkylation sites (tertiary alicyclic amines) is 1. The highest BCUT2D eigenvalue weighted by molar-refractivity contribution is 5.95. The van der Waals surface area contributed by atoms with Crippen molar-refractivity contribution < 1.29 is 14.3 Å². The molecule has 0 unspecified atom stereocenters. The lowest BCUT2D eigenvalue weighted by atomic mass is 10.0. The third-order valence-electron chi connectivity index (χ3n) is 5.60. The first kappa shape index (κ1) is 20.4. The van der Waals surface area contributed by atoms with Crippen molar-refractivity contribution in [3.63, 3.8) is 0 Å². The van der Waals surface area contributed by atoms with Crippen molar-refractivity contribution in [3.8, 4) is 5.69 Å². The van der Waals surface area contributed by atoms with Crippen LogP contribution in [0.3, 0.4) is 0 Å². The number of amides is 2. The maximum absolute atomic E-state index is 13.3. The highest BCUT2D eigenvalue weighted by Crippen LogP contribution is 2.33. The number of imidazole rings is 1. The number of carbonyl (C=O) groups excluding carboxylic acids is 2. The minimum absolute atomic E-state index is 0.0883. The van der Waals surface area contributed by atoms with Crippen LogP contribution in [-0.2, 0) is 4.74 Å². The number of hydrogen-bond donors (Lipinski definition) is 0. The summed E-state index contributed by atoms with van der Waals surface area (Å²) in [6, 6.07) is 8.17. The zero-order valence-electron chi connectivity index (χ0n) is 18.0. The molecule has 2 heterocycles. The minimum atomic E-state index is -0.493. The van der Waals surface area contributed by atoms with Gasteiger partial charge in [0.1, 0.15) is 5.60 Å². The first-order valence-electron chi connectivity index (χ1n) is 10.7. The summed E-state index contributed by atoms with van der Waals surface area (Å²) in [6.07, 6.45) is 8.79. The fraction of sp³-hybridized carbons (Fsp3) is 0.522. The first-order chi connectivity index (χ1) is 14.3. The molecule has 0 N–H and O–H groups in total. The first-order valence-corrected chi connectivity index (χ1v) is 10.7. The van der Waals surface area contributed by atoms with E-state index in [9.17, 15) is 9.59 Å². The summed E-state index contributed by atoms with van der Waals surface area (Å²) in [7, 11) is 0. The predicted octanol–water partition coefficient (Wildman–Crippen LogP) is 3.88. The van der Waals surface area contributed by atoms with E-state index in [0.29, 0.717) is 24.7 Å². The van der Waals surface area contributed by atoms with Gasteiger partial charge in [-0.15, -0.1) is 0 Å². The Morgan fingerprint density at radius 1 is 1.03 bits per heavy atom. The second-order valence-corrected chi connectivity index (χ2v) is 9.16. The molecule has 2 aromatic rings. The van der Waals surface area contributed by atoms with Crippen LogP contribution >= 0.6 is 0 Å². The Bertz CT molecular complexity index is 874. The summed E-state index contributed by atoms with van der Waals surface area (Å²) in [5, 5.41) is 0. The van der Waals surface area contributed by atoms with E-state index in [1.165, 1.54) is 0 Å². The minimum Gasteiger partial charge on any atom is -0.444 e. The molecule has 1 saturated heterocycles. The van der Waals surface area contributed by atoms with E-state index in [4.69, 9.17) is 4.74 Å². The Balaban J connectivity index is 1.41. The van der Waals surface area contributed by atoms with Gasteiger partial charge in [-0.2, -0.15) is 0 Å². The fourth-order valence-corrected chi connectivity index (χ4v) is 3.97. The van der Waals surface area contributed by atoms with Crippen LogP contribution in [0, 0.1) is 0 Å². The van der Waals surface area contributed by atoms with Crippen LogP contribution in [0.1, 0.15) is 56.8 Å². The average molecular weight is 411 g/mol. The van der Waals surface area contributed by atoms with E-state index in [0.717, 1.165) is 31.4 Å². The Kier molecular flexibility index (Phi) is 5.54. The molecule has 1 aliphatic heterocycles. The van der Waals surface area contributed by atoms with E-state index in [1.54, 1.807) is 17.4 Å². The maximum atomic E-state index is 13.3. The van der Waals surface area contributed by atoms with Crippen LogP contribution in [0.25, 0.3) is 5.69 Å². The lowest BCUT2D eigenvalue weighted by molar-refractivity contribution is 0.0142. The summed E-state index contributed by atoms with van der Waals surface area (Å²) in [5.41, 5.74) is 1.19. The Morgan fingerprint density at radius 3 is 2.20 bits per heavy atom. The highest BCUT2D eigenvalue weighted by Gasteiger charge is 2.39. The summed E-state index contributed by atoms with van der Waals surface area (Å²) >= 11 is 0. The molecule has 2 aliphatic rings.